The summed E-state index contributed by atoms with van der Waals surface area (Å²) >= 11 is 0. The van der Waals surface area contributed by atoms with Crippen LogP contribution in [0.25, 0.3) is 22.0 Å². The maximum absolute atomic E-state index is 13.8. The van der Waals surface area contributed by atoms with E-state index in [9.17, 15) is 9.59 Å². The van der Waals surface area contributed by atoms with Crippen LogP contribution >= 0.6 is 12.4 Å². The fourth-order valence-corrected chi connectivity index (χ4v) is 4.79. The van der Waals surface area contributed by atoms with E-state index >= 15 is 0 Å². The van der Waals surface area contributed by atoms with Gasteiger partial charge in [-0.2, -0.15) is 0 Å². The first-order chi connectivity index (χ1) is 16.6. The lowest BCUT2D eigenvalue weighted by Crippen LogP contribution is -2.24. The van der Waals surface area contributed by atoms with Crippen molar-refractivity contribution < 1.29 is 23.7 Å². The van der Waals surface area contributed by atoms with Gasteiger partial charge in [0.2, 0.25) is 6.79 Å². The van der Waals surface area contributed by atoms with E-state index in [2.05, 4.69) is 4.98 Å². The Morgan fingerprint density at radius 3 is 2.29 bits per heavy atom. The zero-order valence-electron chi connectivity index (χ0n) is 19.1. The molecular formula is C25H22ClN3O6. The summed E-state index contributed by atoms with van der Waals surface area (Å²) in [4.78, 5) is 31.5. The predicted octanol–water partition coefficient (Wildman–Crippen LogP) is 3.67. The third kappa shape index (κ3) is 3.42. The summed E-state index contributed by atoms with van der Waals surface area (Å²) < 4.78 is 25.6. The molecule has 0 amide bonds. The van der Waals surface area contributed by atoms with Gasteiger partial charge in [-0.3, -0.25) is 9.59 Å². The van der Waals surface area contributed by atoms with Gasteiger partial charge in [-0.1, -0.05) is 0 Å². The Labute approximate surface area is 206 Å². The quantitative estimate of drug-likeness (QED) is 0.355. The van der Waals surface area contributed by atoms with Crippen molar-refractivity contribution in [3.8, 4) is 34.3 Å². The average Bonchev–Trinajstić information content (AvgIpc) is 3.59. The van der Waals surface area contributed by atoms with Gasteiger partial charge in [-0.05, 0) is 30.7 Å². The molecule has 0 radical (unpaired) electrons. The number of ketones is 1. The number of pyridine rings is 1. The lowest BCUT2D eigenvalue weighted by Gasteiger charge is -2.17. The number of fused-ring (bicyclic) bond motifs is 6. The topological polar surface area (TPSA) is 93.8 Å². The largest absolute Gasteiger partial charge is 0.493 e. The Bertz CT molecular complexity index is 1530. The van der Waals surface area contributed by atoms with Crippen molar-refractivity contribution in [3.63, 3.8) is 0 Å². The molecule has 180 valence electrons. The van der Waals surface area contributed by atoms with Crippen LogP contribution in [0.5, 0.6) is 23.0 Å². The molecule has 1 aliphatic heterocycles. The minimum absolute atomic E-state index is 0. The predicted molar refractivity (Wildman–Crippen MR) is 130 cm³/mol. The van der Waals surface area contributed by atoms with Crippen LogP contribution in [0, 0.1) is 0 Å². The number of nitrogens with zero attached hydrogens (tertiary/aromatic N) is 3. The van der Waals surface area contributed by atoms with Gasteiger partial charge in [0.15, 0.2) is 28.8 Å². The second kappa shape index (κ2) is 8.66. The van der Waals surface area contributed by atoms with E-state index in [1.165, 1.54) is 14.2 Å². The van der Waals surface area contributed by atoms with E-state index in [-0.39, 0.29) is 30.5 Å². The molecular weight excluding hydrogens is 474 g/mol. The minimum Gasteiger partial charge on any atom is -0.493 e. The molecule has 0 spiro atoms. The second-order valence-electron chi connectivity index (χ2n) is 8.17. The van der Waals surface area contributed by atoms with Crippen LogP contribution in [0.2, 0.25) is 0 Å². The summed E-state index contributed by atoms with van der Waals surface area (Å²) in [5.41, 5.74) is 2.02. The van der Waals surface area contributed by atoms with Crippen molar-refractivity contribution in [2.75, 3.05) is 21.0 Å². The summed E-state index contributed by atoms with van der Waals surface area (Å²) in [5.74, 6) is 1.80. The number of carbonyl (C=O) groups is 1. The number of hydrogen-bond donors (Lipinski definition) is 0. The van der Waals surface area contributed by atoms with E-state index in [1.807, 2.05) is 10.8 Å². The molecule has 0 unspecified atom stereocenters. The van der Waals surface area contributed by atoms with Gasteiger partial charge < -0.3 is 28.1 Å². The van der Waals surface area contributed by atoms with Gasteiger partial charge in [0.1, 0.15) is 0 Å². The monoisotopic (exact) mass is 495 g/mol. The molecule has 0 atom stereocenters. The molecule has 35 heavy (non-hydrogen) atoms. The second-order valence-corrected chi connectivity index (χ2v) is 8.17. The number of aryl methyl sites for hydroxylation is 1. The highest BCUT2D eigenvalue weighted by Gasteiger charge is 2.35. The van der Waals surface area contributed by atoms with Crippen molar-refractivity contribution in [1.29, 1.82) is 0 Å². The first-order valence-electron chi connectivity index (χ1n) is 10.9. The molecule has 0 N–H and O–H groups in total. The summed E-state index contributed by atoms with van der Waals surface area (Å²) in [7, 11) is 3.04. The molecule has 6 rings (SSSR count). The van der Waals surface area contributed by atoms with Crippen LogP contribution in [0.15, 0.2) is 47.8 Å². The number of imidazole rings is 1. The summed E-state index contributed by atoms with van der Waals surface area (Å²) in [5, 5.41) is 0.937. The maximum Gasteiger partial charge on any atom is 0.259 e. The first kappa shape index (κ1) is 22.8. The van der Waals surface area contributed by atoms with Crippen molar-refractivity contribution in [3.05, 3.63) is 64.5 Å². The lowest BCUT2D eigenvalue weighted by atomic mass is 10.0. The van der Waals surface area contributed by atoms with Gasteiger partial charge in [0.05, 0.1) is 37.2 Å². The maximum atomic E-state index is 13.8. The Balaban J connectivity index is 0.00000253. The lowest BCUT2D eigenvalue weighted by molar-refractivity contribution is 0.104. The third-order valence-corrected chi connectivity index (χ3v) is 6.37. The molecule has 10 heteroatoms. The number of ether oxygens (including phenoxy) is 4. The zero-order chi connectivity index (χ0) is 23.4. The molecule has 9 nitrogen and oxygen atoms in total. The van der Waals surface area contributed by atoms with Crippen LogP contribution in [-0.4, -0.2) is 40.9 Å². The number of rotatable bonds is 6. The highest BCUT2D eigenvalue weighted by atomic mass is 35.5. The van der Waals surface area contributed by atoms with Gasteiger partial charge in [0.25, 0.3) is 5.56 Å². The van der Waals surface area contributed by atoms with Crippen LogP contribution in [0.3, 0.4) is 0 Å². The van der Waals surface area contributed by atoms with E-state index in [0.717, 1.165) is 0 Å². The molecule has 2 aliphatic rings. The molecule has 2 aromatic carbocycles. The summed E-state index contributed by atoms with van der Waals surface area (Å²) in [6, 6.07) is 6.84. The van der Waals surface area contributed by atoms with Gasteiger partial charge in [-0.15, -0.1) is 12.4 Å². The Kier molecular flexibility index (Phi) is 5.64. The SMILES string of the molecule is COc1cc2c3c(n(CCCn4ccnc4)c(=O)c2cc1OC)-c1cc2c(cc1C3=O)OCO2.Cl. The van der Waals surface area contributed by atoms with Gasteiger partial charge >= 0.3 is 0 Å². The van der Waals surface area contributed by atoms with Crippen LogP contribution < -0.4 is 24.5 Å². The molecule has 0 bridgehead atoms. The van der Waals surface area contributed by atoms with Crippen LogP contribution in [0.1, 0.15) is 22.3 Å². The number of methoxy groups -OCH3 is 2. The van der Waals surface area contributed by atoms with Crippen LogP contribution in [-0.2, 0) is 13.1 Å². The van der Waals surface area contributed by atoms with E-state index in [0.29, 0.717) is 75.7 Å². The molecule has 4 aromatic rings. The molecule has 1 aliphatic carbocycles. The van der Waals surface area contributed by atoms with Crippen molar-refractivity contribution in [2.24, 2.45) is 0 Å². The number of halogens is 1. The third-order valence-electron chi connectivity index (χ3n) is 6.37. The molecule has 0 saturated heterocycles. The van der Waals surface area contributed by atoms with Gasteiger partial charge in [-0.25, -0.2) is 4.98 Å². The smallest absolute Gasteiger partial charge is 0.259 e. The summed E-state index contributed by atoms with van der Waals surface area (Å²) in [6.45, 7) is 1.21. The highest BCUT2D eigenvalue weighted by molar-refractivity contribution is 6.27. The Morgan fingerprint density at radius 2 is 1.63 bits per heavy atom. The molecule has 0 saturated carbocycles. The first-order valence-corrected chi connectivity index (χ1v) is 10.9. The standard InChI is InChI=1S/C25H21N3O6.ClH/c1-31-18-8-14-17(11-19(18)32-2)25(30)28(6-3-5-27-7-4-26-12-27)23-15-9-20-21(34-13-33-20)10-16(15)24(29)22(14)23;/h4,7-12H,3,5-6,13H2,1-2H3;1H. The molecule has 2 aromatic heterocycles. The van der Waals surface area contributed by atoms with Crippen molar-refractivity contribution in [1.82, 2.24) is 14.1 Å². The number of hydrogen-bond acceptors (Lipinski definition) is 7. The molecule has 0 fully saturated rings. The van der Waals surface area contributed by atoms with Gasteiger partial charge in [0, 0.05) is 42.0 Å². The fourth-order valence-electron chi connectivity index (χ4n) is 4.79. The normalized spacial score (nSPS) is 12.9. The number of aromatic nitrogens is 3. The van der Waals surface area contributed by atoms with E-state index in [4.69, 9.17) is 18.9 Å². The highest BCUT2D eigenvalue weighted by Crippen LogP contribution is 2.46. The Hall–Kier alpha value is -3.98. The average molecular weight is 496 g/mol. The van der Waals surface area contributed by atoms with E-state index < -0.39 is 0 Å². The zero-order valence-corrected chi connectivity index (χ0v) is 19.9. The number of benzene rings is 2. The Morgan fingerprint density at radius 1 is 0.943 bits per heavy atom. The minimum atomic E-state index is -0.196. The van der Waals surface area contributed by atoms with Crippen molar-refractivity contribution >= 4 is 29.0 Å². The summed E-state index contributed by atoms with van der Waals surface area (Å²) in [6.07, 6.45) is 6.01. The fraction of sp³-hybridized carbons (Fsp3) is 0.240. The number of carbonyl (C=O) groups excluding carboxylic acids is 1. The molecule has 3 heterocycles. The van der Waals surface area contributed by atoms with E-state index in [1.54, 1.807) is 41.4 Å². The van der Waals surface area contributed by atoms with Crippen molar-refractivity contribution in [2.45, 2.75) is 19.5 Å². The van der Waals surface area contributed by atoms with Crippen LogP contribution in [0.4, 0.5) is 0 Å².